The summed E-state index contributed by atoms with van der Waals surface area (Å²) in [5.41, 5.74) is -1.11. The Morgan fingerprint density at radius 2 is 1.77 bits per heavy atom. The predicted octanol–water partition coefficient (Wildman–Crippen LogP) is 1.96. The van der Waals surface area contributed by atoms with Crippen LogP contribution < -0.4 is 0 Å². The van der Waals surface area contributed by atoms with Crippen molar-refractivity contribution in [2.75, 3.05) is 14.2 Å². The maximum absolute atomic E-state index is 12.6. The molecule has 0 unspecified atom stereocenters. The minimum absolute atomic E-state index is 0.246. The zero-order valence-electron chi connectivity index (χ0n) is 15.8. The quantitative estimate of drug-likeness (QED) is 0.455. The number of ether oxygens (including phenoxy) is 4. The van der Waals surface area contributed by atoms with Gasteiger partial charge in [-0.3, -0.25) is 0 Å². The van der Waals surface area contributed by atoms with Gasteiger partial charge in [-0.15, -0.1) is 6.58 Å². The van der Waals surface area contributed by atoms with Gasteiger partial charge in [-0.1, -0.05) is 6.08 Å². The fourth-order valence-corrected chi connectivity index (χ4v) is 2.46. The average Bonchev–Trinajstić information content (AvgIpc) is 2.55. The molecule has 1 amide bonds. The third kappa shape index (κ3) is 4.54. The fraction of sp³-hybridized carbons (Fsp3) is 0.588. The summed E-state index contributed by atoms with van der Waals surface area (Å²) in [6.45, 7) is 10.0. The van der Waals surface area contributed by atoms with E-state index in [9.17, 15) is 19.5 Å². The molecule has 0 aromatic heterocycles. The van der Waals surface area contributed by atoms with Crippen molar-refractivity contribution in [3.63, 3.8) is 0 Å². The molecule has 0 aromatic carbocycles. The molecule has 1 aliphatic heterocycles. The van der Waals surface area contributed by atoms with Crippen LogP contribution in [0.15, 0.2) is 24.1 Å². The van der Waals surface area contributed by atoms with Gasteiger partial charge in [-0.25, -0.2) is 19.3 Å². The zero-order chi connectivity index (χ0) is 20.2. The maximum Gasteiger partial charge on any atom is 0.514 e. The largest absolute Gasteiger partial charge is 0.514 e. The molecule has 9 heteroatoms. The number of carbonyl (C=O) groups is 3. The molecule has 9 nitrogen and oxygen atoms in total. The Bertz CT molecular complexity index is 619. The van der Waals surface area contributed by atoms with E-state index in [2.05, 4.69) is 11.3 Å². The molecule has 1 N–H and O–H groups in total. The number of esters is 1. The Hall–Kier alpha value is -2.55. The summed E-state index contributed by atoms with van der Waals surface area (Å²) >= 11 is 0. The average molecular weight is 371 g/mol. The monoisotopic (exact) mass is 371 g/mol. The van der Waals surface area contributed by atoms with Crippen molar-refractivity contribution in [2.45, 2.75) is 45.4 Å². The van der Waals surface area contributed by atoms with E-state index in [0.29, 0.717) is 0 Å². The van der Waals surface area contributed by atoms with Crippen molar-refractivity contribution in [3.8, 4) is 0 Å². The minimum atomic E-state index is -1.21. The molecule has 146 valence electrons. The van der Waals surface area contributed by atoms with Crippen LogP contribution >= 0.6 is 0 Å². The van der Waals surface area contributed by atoms with E-state index in [1.807, 2.05) is 0 Å². The number of amides is 1. The molecule has 0 aromatic rings. The van der Waals surface area contributed by atoms with E-state index in [1.54, 1.807) is 20.8 Å². The molecular formula is C17H25NO8. The number of nitrogens with zero attached hydrogens (tertiary/aromatic N) is 1. The normalized spacial score (nSPS) is 23.2. The lowest BCUT2D eigenvalue weighted by atomic mass is 9.85. The first-order valence-electron chi connectivity index (χ1n) is 7.89. The highest BCUT2D eigenvalue weighted by molar-refractivity contribution is 5.92. The molecule has 1 heterocycles. The Labute approximate surface area is 152 Å². The highest BCUT2D eigenvalue weighted by Crippen LogP contribution is 2.35. The predicted molar refractivity (Wildman–Crippen MR) is 89.8 cm³/mol. The second kappa shape index (κ2) is 8.22. The van der Waals surface area contributed by atoms with Gasteiger partial charge in [0.05, 0.1) is 26.4 Å². The second-order valence-corrected chi connectivity index (χ2v) is 6.61. The lowest BCUT2D eigenvalue weighted by molar-refractivity contribution is -0.138. The van der Waals surface area contributed by atoms with Gasteiger partial charge in [0.2, 0.25) is 5.88 Å². The van der Waals surface area contributed by atoms with Crippen LogP contribution in [0.2, 0.25) is 0 Å². The van der Waals surface area contributed by atoms with Gasteiger partial charge >= 0.3 is 18.2 Å². The van der Waals surface area contributed by atoms with E-state index in [1.165, 1.54) is 13.0 Å². The molecule has 26 heavy (non-hydrogen) atoms. The third-order valence-electron chi connectivity index (χ3n) is 3.65. The fourth-order valence-electron chi connectivity index (χ4n) is 2.46. The third-order valence-corrected chi connectivity index (χ3v) is 3.65. The van der Waals surface area contributed by atoms with Crippen LogP contribution in [-0.4, -0.2) is 60.2 Å². The van der Waals surface area contributed by atoms with Crippen molar-refractivity contribution in [1.29, 1.82) is 0 Å². The Morgan fingerprint density at radius 1 is 1.19 bits per heavy atom. The van der Waals surface area contributed by atoms with Crippen molar-refractivity contribution < 1.29 is 38.4 Å². The lowest BCUT2D eigenvalue weighted by Crippen LogP contribution is -2.54. The highest BCUT2D eigenvalue weighted by atomic mass is 16.7. The summed E-state index contributed by atoms with van der Waals surface area (Å²) in [7, 11) is 2.19. The number of methoxy groups -OCH3 is 2. The van der Waals surface area contributed by atoms with E-state index < -0.39 is 47.8 Å². The number of aliphatic hydroxyl groups excluding tert-OH is 1. The van der Waals surface area contributed by atoms with Crippen molar-refractivity contribution in [1.82, 2.24) is 4.90 Å². The lowest BCUT2D eigenvalue weighted by Gasteiger charge is -2.41. The summed E-state index contributed by atoms with van der Waals surface area (Å²) in [4.78, 5) is 37.5. The number of hydrogen-bond acceptors (Lipinski definition) is 8. The summed E-state index contributed by atoms with van der Waals surface area (Å²) in [6.07, 6.45) is -1.96. The molecule has 0 saturated heterocycles. The Kier molecular flexibility index (Phi) is 6.79. The number of aliphatic hydroxyl groups is 1. The van der Waals surface area contributed by atoms with Crippen LogP contribution in [-0.2, 0) is 23.7 Å². The van der Waals surface area contributed by atoms with Crippen LogP contribution in [0.25, 0.3) is 0 Å². The van der Waals surface area contributed by atoms with Crippen LogP contribution in [0.3, 0.4) is 0 Å². The van der Waals surface area contributed by atoms with Gasteiger partial charge in [-0.2, -0.15) is 0 Å². The molecule has 3 atom stereocenters. The molecule has 1 rings (SSSR count). The van der Waals surface area contributed by atoms with Crippen LogP contribution in [0, 0.1) is 5.92 Å². The first kappa shape index (κ1) is 21.5. The number of hydrogen-bond donors (Lipinski definition) is 1. The van der Waals surface area contributed by atoms with E-state index in [-0.39, 0.29) is 5.57 Å². The van der Waals surface area contributed by atoms with Gasteiger partial charge in [-0.05, 0) is 27.7 Å². The first-order valence-corrected chi connectivity index (χ1v) is 7.89. The van der Waals surface area contributed by atoms with Gasteiger partial charge in [0.15, 0.2) is 0 Å². The Morgan fingerprint density at radius 3 is 2.19 bits per heavy atom. The zero-order valence-corrected chi connectivity index (χ0v) is 15.8. The van der Waals surface area contributed by atoms with Crippen LogP contribution in [0.5, 0.6) is 0 Å². The summed E-state index contributed by atoms with van der Waals surface area (Å²) in [5.74, 6) is -2.26. The van der Waals surface area contributed by atoms with E-state index >= 15 is 0 Å². The summed E-state index contributed by atoms with van der Waals surface area (Å²) in [5, 5.41) is 10.5. The van der Waals surface area contributed by atoms with Gasteiger partial charge in [0, 0.05) is 5.92 Å². The molecule has 0 bridgehead atoms. The molecule has 0 fully saturated rings. The van der Waals surface area contributed by atoms with Gasteiger partial charge in [0.1, 0.15) is 11.2 Å². The maximum atomic E-state index is 12.6. The Balaban J connectivity index is 3.59. The van der Waals surface area contributed by atoms with Gasteiger partial charge < -0.3 is 24.1 Å². The molecule has 0 radical (unpaired) electrons. The topological polar surface area (TPSA) is 112 Å². The molecule has 0 saturated carbocycles. The minimum Gasteiger partial charge on any atom is -0.465 e. The molecule has 0 spiro atoms. The SMILES string of the molecule is C=C[C@@H]1C(C(=O)OC)=C(OC(=O)OC)N(C(=O)OC(C)(C)C)[C@@H](C)[C@@H]1O. The van der Waals surface area contributed by atoms with Crippen molar-refractivity contribution in [2.24, 2.45) is 5.92 Å². The summed E-state index contributed by atoms with van der Waals surface area (Å²) < 4.78 is 19.5. The van der Waals surface area contributed by atoms with E-state index in [0.717, 1.165) is 19.1 Å². The molecule has 0 aliphatic carbocycles. The second-order valence-electron chi connectivity index (χ2n) is 6.61. The standard InChI is InChI=1S/C17H25NO8/c1-8-10-11(14(20)23-6)13(25-16(22)24-7)18(9(2)12(10)19)15(21)26-17(3,4)5/h8-10,12,19H,1H2,2-7H3/t9-,10+,12-/m0/s1. The number of carbonyl (C=O) groups excluding carboxylic acids is 3. The van der Waals surface area contributed by atoms with Crippen LogP contribution in [0.1, 0.15) is 27.7 Å². The molecule has 1 aliphatic rings. The summed E-state index contributed by atoms with van der Waals surface area (Å²) in [6, 6.07) is -0.888. The molecular weight excluding hydrogens is 346 g/mol. The van der Waals surface area contributed by atoms with Crippen LogP contribution in [0.4, 0.5) is 9.59 Å². The smallest absolute Gasteiger partial charge is 0.465 e. The van der Waals surface area contributed by atoms with Crippen molar-refractivity contribution >= 4 is 18.2 Å². The van der Waals surface area contributed by atoms with Crippen molar-refractivity contribution in [3.05, 3.63) is 24.1 Å². The first-order chi connectivity index (χ1) is 12.0. The highest BCUT2D eigenvalue weighted by Gasteiger charge is 2.47. The van der Waals surface area contributed by atoms with E-state index in [4.69, 9.17) is 14.2 Å². The number of rotatable bonds is 3. The van der Waals surface area contributed by atoms with Gasteiger partial charge in [0.25, 0.3) is 0 Å².